The lowest BCUT2D eigenvalue weighted by atomic mass is 10.2. The molecule has 6 heteroatoms. The molecule has 0 bridgehead atoms. The van der Waals surface area contributed by atoms with E-state index in [9.17, 15) is 4.39 Å². The first-order valence-corrected chi connectivity index (χ1v) is 7.88. The number of benzene rings is 1. The lowest BCUT2D eigenvalue weighted by Gasteiger charge is -2.07. The van der Waals surface area contributed by atoms with Crippen molar-refractivity contribution in [2.24, 2.45) is 0 Å². The average Bonchev–Trinajstić information content (AvgIpc) is 2.95. The van der Waals surface area contributed by atoms with Gasteiger partial charge in [-0.2, -0.15) is 0 Å². The normalized spacial score (nSPS) is 11.4. The maximum Gasteiger partial charge on any atom is 0.194 e. The highest BCUT2D eigenvalue weighted by Gasteiger charge is 2.11. The molecule has 0 amide bonds. The molecular weight excluding hydrogens is 309 g/mol. The summed E-state index contributed by atoms with van der Waals surface area (Å²) in [4.78, 5) is 5.58. The summed E-state index contributed by atoms with van der Waals surface area (Å²) in [7, 11) is 0. The molecule has 0 aliphatic rings. The summed E-state index contributed by atoms with van der Waals surface area (Å²) in [6.45, 7) is 5.44. The van der Waals surface area contributed by atoms with Crippen molar-refractivity contribution in [1.29, 1.82) is 0 Å². The highest BCUT2D eigenvalue weighted by atomic mass is 35.5. The van der Waals surface area contributed by atoms with E-state index >= 15 is 0 Å². The Hall–Kier alpha value is -1.43. The van der Waals surface area contributed by atoms with Gasteiger partial charge < -0.3 is 5.32 Å². The first kappa shape index (κ1) is 14.5. The van der Waals surface area contributed by atoms with E-state index in [4.69, 9.17) is 11.6 Å². The fourth-order valence-corrected chi connectivity index (χ4v) is 3.48. The lowest BCUT2D eigenvalue weighted by molar-refractivity contribution is 0.624. The summed E-state index contributed by atoms with van der Waals surface area (Å²) < 4.78 is 15.3. The van der Waals surface area contributed by atoms with Gasteiger partial charge in [0.05, 0.1) is 16.4 Å². The van der Waals surface area contributed by atoms with E-state index in [0.29, 0.717) is 13.1 Å². The van der Waals surface area contributed by atoms with E-state index in [2.05, 4.69) is 27.0 Å². The number of imidazole rings is 1. The Labute approximate surface area is 131 Å². The number of thiazole rings is 1. The molecule has 3 aromatic rings. The van der Waals surface area contributed by atoms with Crippen molar-refractivity contribution in [2.75, 3.05) is 0 Å². The Bertz CT molecular complexity index is 794. The highest BCUT2D eigenvalue weighted by molar-refractivity contribution is 7.15. The van der Waals surface area contributed by atoms with Gasteiger partial charge in [-0.1, -0.05) is 17.7 Å². The smallest absolute Gasteiger partial charge is 0.194 e. The Morgan fingerprint density at radius 1 is 1.33 bits per heavy atom. The Kier molecular flexibility index (Phi) is 3.97. The molecule has 0 aliphatic heterocycles. The van der Waals surface area contributed by atoms with Gasteiger partial charge in [0.25, 0.3) is 0 Å². The summed E-state index contributed by atoms with van der Waals surface area (Å²) >= 11 is 7.43. The van der Waals surface area contributed by atoms with E-state index in [0.717, 1.165) is 21.9 Å². The average molecular weight is 324 g/mol. The second kappa shape index (κ2) is 5.75. The molecule has 21 heavy (non-hydrogen) atoms. The fraction of sp³-hybridized carbons (Fsp3) is 0.267. The third kappa shape index (κ3) is 2.81. The largest absolute Gasteiger partial charge is 0.307 e. The maximum atomic E-state index is 13.1. The quantitative estimate of drug-likeness (QED) is 0.783. The van der Waals surface area contributed by atoms with Crippen molar-refractivity contribution in [3.63, 3.8) is 0 Å². The molecule has 0 aliphatic carbocycles. The third-order valence-electron chi connectivity index (χ3n) is 3.44. The standard InChI is InChI=1S/C15H15ClFN3S/c1-9-8-21-15-19-10(2)14(20(9)15)7-18-6-11-3-4-13(17)12(16)5-11/h3-5,8,18H,6-7H2,1-2H3. The molecule has 110 valence electrons. The predicted octanol–water partition coefficient (Wildman–Crippen LogP) is 4.09. The zero-order chi connectivity index (χ0) is 15.0. The third-order valence-corrected chi connectivity index (χ3v) is 4.67. The first-order valence-electron chi connectivity index (χ1n) is 6.63. The van der Waals surface area contributed by atoms with Crippen molar-refractivity contribution in [3.8, 4) is 0 Å². The molecule has 2 aromatic heterocycles. The molecule has 0 fully saturated rings. The zero-order valence-electron chi connectivity index (χ0n) is 11.8. The molecule has 0 radical (unpaired) electrons. The monoisotopic (exact) mass is 323 g/mol. The van der Waals surface area contributed by atoms with Gasteiger partial charge in [-0.05, 0) is 31.5 Å². The number of hydrogen-bond acceptors (Lipinski definition) is 3. The highest BCUT2D eigenvalue weighted by Crippen LogP contribution is 2.20. The van der Waals surface area contributed by atoms with Crippen LogP contribution in [0.1, 0.15) is 22.6 Å². The second-order valence-electron chi connectivity index (χ2n) is 4.99. The second-order valence-corrected chi connectivity index (χ2v) is 6.23. The zero-order valence-corrected chi connectivity index (χ0v) is 13.4. The number of aryl methyl sites for hydroxylation is 2. The van der Waals surface area contributed by atoms with Gasteiger partial charge in [-0.15, -0.1) is 11.3 Å². The van der Waals surface area contributed by atoms with Crippen LogP contribution in [0.5, 0.6) is 0 Å². The van der Waals surface area contributed by atoms with Crippen LogP contribution in [0.2, 0.25) is 5.02 Å². The number of fused-ring (bicyclic) bond motifs is 1. The minimum atomic E-state index is -0.386. The molecule has 0 spiro atoms. The molecule has 0 saturated heterocycles. The number of aromatic nitrogens is 2. The van der Waals surface area contributed by atoms with E-state index < -0.39 is 0 Å². The summed E-state index contributed by atoms with van der Waals surface area (Å²) in [6.07, 6.45) is 0. The minimum Gasteiger partial charge on any atom is -0.307 e. The lowest BCUT2D eigenvalue weighted by Crippen LogP contribution is -2.15. The fourth-order valence-electron chi connectivity index (χ4n) is 2.35. The van der Waals surface area contributed by atoms with Crippen LogP contribution in [0.15, 0.2) is 23.6 Å². The van der Waals surface area contributed by atoms with Crippen LogP contribution in [0.25, 0.3) is 4.96 Å². The molecule has 3 rings (SSSR count). The summed E-state index contributed by atoms with van der Waals surface area (Å²) in [5.41, 5.74) is 4.35. The summed E-state index contributed by atoms with van der Waals surface area (Å²) in [5.74, 6) is -0.386. The Balaban J connectivity index is 1.73. The topological polar surface area (TPSA) is 29.3 Å². The van der Waals surface area contributed by atoms with Crippen LogP contribution in [-0.4, -0.2) is 9.38 Å². The molecule has 0 saturated carbocycles. The van der Waals surface area contributed by atoms with Crippen molar-refractivity contribution < 1.29 is 4.39 Å². The van der Waals surface area contributed by atoms with Crippen molar-refractivity contribution >= 4 is 27.9 Å². The summed E-state index contributed by atoms with van der Waals surface area (Å²) in [5, 5.41) is 5.62. The number of hydrogen-bond donors (Lipinski definition) is 1. The predicted molar refractivity (Wildman–Crippen MR) is 84.5 cm³/mol. The first-order chi connectivity index (χ1) is 10.1. The SMILES string of the molecule is Cc1nc2scc(C)n2c1CNCc1ccc(F)c(Cl)c1. The van der Waals surface area contributed by atoms with Gasteiger partial charge in [-0.25, -0.2) is 9.37 Å². The van der Waals surface area contributed by atoms with Crippen molar-refractivity contribution in [3.05, 3.63) is 57.1 Å². The number of nitrogens with one attached hydrogen (secondary N) is 1. The molecule has 3 nitrogen and oxygen atoms in total. The van der Waals surface area contributed by atoms with Crippen LogP contribution in [0.3, 0.4) is 0 Å². The number of halogens is 2. The van der Waals surface area contributed by atoms with E-state index in [1.54, 1.807) is 23.5 Å². The van der Waals surface area contributed by atoms with Crippen LogP contribution in [-0.2, 0) is 13.1 Å². The number of nitrogens with zero attached hydrogens (tertiary/aromatic N) is 2. The number of rotatable bonds is 4. The van der Waals surface area contributed by atoms with Gasteiger partial charge in [0.15, 0.2) is 4.96 Å². The van der Waals surface area contributed by atoms with Gasteiger partial charge >= 0.3 is 0 Å². The summed E-state index contributed by atoms with van der Waals surface area (Å²) in [6, 6.07) is 4.78. The minimum absolute atomic E-state index is 0.158. The van der Waals surface area contributed by atoms with E-state index in [-0.39, 0.29) is 10.8 Å². The molecular formula is C15H15ClFN3S. The van der Waals surface area contributed by atoms with E-state index in [1.165, 1.54) is 11.8 Å². The van der Waals surface area contributed by atoms with Crippen LogP contribution in [0.4, 0.5) is 4.39 Å². The molecule has 1 aromatic carbocycles. The van der Waals surface area contributed by atoms with Crippen LogP contribution < -0.4 is 5.32 Å². The molecule has 0 atom stereocenters. The van der Waals surface area contributed by atoms with Crippen LogP contribution >= 0.6 is 22.9 Å². The Morgan fingerprint density at radius 2 is 2.14 bits per heavy atom. The van der Waals surface area contributed by atoms with Crippen molar-refractivity contribution in [2.45, 2.75) is 26.9 Å². The van der Waals surface area contributed by atoms with Gasteiger partial charge in [-0.3, -0.25) is 4.40 Å². The molecule has 1 N–H and O–H groups in total. The van der Waals surface area contributed by atoms with Gasteiger partial charge in [0, 0.05) is 24.2 Å². The van der Waals surface area contributed by atoms with E-state index in [1.807, 2.05) is 6.92 Å². The maximum absolute atomic E-state index is 13.1. The molecule has 2 heterocycles. The van der Waals surface area contributed by atoms with Crippen molar-refractivity contribution in [1.82, 2.24) is 14.7 Å². The Morgan fingerprint density at radius 3 is 2.90 bits per heavy atom. The molecule has 0 unspecified atom stereocenters. The van der Waals surface area contributed by atoms with Crippen LogP contribution in [0, 0.1) is 19.7 Å². The van der Waals surface area contributed by atoms with Gasteiger partial charge in [0.1, 0.15) is 5.82 Å². The van der Waals surface area contributed by atoms with Gasteiger partial charge in [0.2, 0.25) is 0 Å².